The maximum Gasteiger partial charge on any atom is 0.305 e. The molecule has 240 valence electrons. The normalized spacial score (nSPS) is 12.7. The first kappa shape index (κ1) is 35.1. The molecule has 8 nitrogen and oxygen atoms in total. The fraction of sp³-hybridized carbons (Fsp3) is 0.257. The van der Waals surface area contributed by atoms with Crippen molar-refractivity contribution in [3.05, 3.63) is 131 Å². The van der Waals surface area contributed by atoms with Crippen molar-refractivity contribution in [3.63, 3.8) is 0 Å². The summed E-state index contributed by atoms with van der Waals surface area (Å²) in [5, 5.41) is 28.3. The number of nitrogens with zero attached hydrogens (tertiary/aromatic N) is 1. The number of unbranched alkanes of at least 4 members (excludes halogenated alkanes) is 2. The summed E-state index contributed by atoms with van der Waals surface area (Å²) < 4.78 is 5.44. The summed E-state index contributed by atoms with van der Waals surface area (Å²) in [5.74, 6) is -1.24. The number of halogens is 2. The average molecular weight is 683 g/mol. The molecule has 46 heavy (non-hydrogen) atoms. The van der Waals surface area contributed by atoms with Crippen LogP contribution in [-0.2, 0) is 14.3 Å². The average Bonchev–Trinajstić information content (AvgIpc) is 3.09. The van der Waals surface area contributed by atoms with Gasteiger partial charge in [-0.2, -0.15) is 0 Å². The quantitative estimate of drug-likeness (QED) is 0.0373. The third-order valence-electron chi connectivity index (χ3n) is 7.74. The van der Waals surface area contributed by atoms with E-state index in [1.165, 1.54) is 40.2 Å². The van der Waals surface area contributed by atoms with Crippen LogP contribution < -0.4 is 21.2 Å². The van der Waals surface area contributed by atoms with Crippen LogP contribution >= 0.6 is 30.5 Å². The molecule has 4 rings (SSSR count). The van der Waals surface area contributed by atoms with Gasteiger partial charge < -0.3 is 15.2 Å². The van der Waals surface area contributed by atoms with Crippen LogP contribution in [0.5, 0.6) is 0 Å². The Labute approximate surface area is 279 Å². The van der Waals surface area contributed by atoms with Gasteiger partial charge in [-0.15, -0.1) is 0 Å². The lowest BCUT2D eigenvalue weighted by molar-refractivity contribution is -0.384. The number of nitrogens with one attached hydrogen (secondary N) is 1. The summed E-state index contributed by atoms with van der Waals surface area (Å²) in [6.45, 7) is -0.339. The van der Waals surface area contributed by atoms with Gasteiger partial charge in [0, 0.05) is 18.6 Å². The number of aliphatic hydroxyl groups excluding tert-OH is 1. The smallest absolute Gasteiger partial charge is 0.305 e. The van der Waals surface area contributed by atoms with Crippen molar-refractivity contribution in [2.45, 2.75) is 42.7 Å². The van der Waals surface area contributed by atoms with E-state index in [4.69, 9.17) is 27.9 Å². The molecule has 2 N–H and O–H groups in total. The number of benzene rings is 4. The summed E-state index contributed by atoms with van der Waals surface area (Å²) in [5.41, 5.74) is 0.134. The van der Waals surface area contributed by atoms with Crippen LogP contribution in [0.25, 0.3) is 0 Å². The van der Waals surface area contributed by atoms with Gasteiger partial charge in [-0.25, -0.2) is 0 Å². The number of rotatable bonds is 16. The summed E-state index contributed by atoms with van der Waals surface area (Å²) in [7, 11) is -1.96. The predicted octanol–water partition coefficient (Wildman–Crippen LogP) is 6.01. The maximum absolute atomic E-state index is 12.7. The number of carbonyl (C=O) groups is 2. The Hall–Kier alpha value is -3.81. The van der Waals surface area contributed by atoms with Crippen LogP contribution in [0, 0.1) is 10.1 Å². The van der Waals surface area contributed by atoms with E-state index in [1.807, 2.05) is 18.2 Å². The van der Waals surface area contributed by atoms with Crippen LogP contribution in [0.1, 0.15) is 37.4 Å². The van der Waals surface area contributed by atoms with Crippen molar-refractivity contribution < 1.29 is 24.4 Å². The third kappa shape index (κ3) is 9.14. The zero-order valence-corrected chi connectivity index (χ0v) is 27.5. The molecule has 0 fully saturated rings. The molecule has 0 heterocycles. The molecular weight excluding hydrogens is 646 g/mol. The molecule has 0 aliphatic rings. The second kappa shape index (κ2) is 17.2. The minimum atomic E-state index is -1.96. The predicted molar refractivity (Wildman–Crippen MR) is 185 cm³/mol. The van der Waals surface area contributed by atoms with Crippen molar-refractivity contribution >= 4 is 63.9 Å². The van der Waals surface area contributed by atoms with Crippen LogP contribution in [0.15, 0.2) is 115 Å². The molecule has 0 radical (unpaired) electrons. The molecule has 0 aliphatic carbocycles. The molecule has 4 aromatic carbocycles. The number of alkyl halides is 2. The van der Waals surface area contributed by atoms with E-state index >= 15 is 0 Å². The molecule has 4 aromatic rings. The van der Waals surface area contributed by atoms with Gasteiger partial charge in [0.05, 0.1) is 17.1 Å². The lowest BCUT2D eigenvalue weighted by Gasteiger charge is -2.27. The van der Waals surface area contributed by atoms with E-state index < -0.39 is 41.0 Å². The Bertz CT molecular complexity index is 1460. The molecule has 0 aliphatic heterocycles. The maximum atomic E-state index is 12.7. The molecule has 11 heteroatoms. The van der Waals surface area contributed by atoms with Gasteiger partial charge in [-0.3, -0.25) is 19.7 Å². The highest BCUT2D eigenvalue weighted by atomic mass is 35.5. The molecule has 2 atom stereocenters. The van der Waals surface area contributed by atoms with Crippen LogP contribution in [0.4, 0.5) is 5.69 Å². The zero-order chi connectivity index (χ0) is 32.9. The number of nitro groups is 1. The molecule has 0 unspecified atom stereocenters. The van der Waals surface area contributed by atoms with Crippen LogP contribution in [0.3, 0.4) is 0 Å². The number of aliphatic hydroxyl groups is 1. The van der Waals surface area contributed by atoms with Crippen molar-refractivity contribution in [1.82, 2.24) is 5.32 Å². The Morgan fingerprint density at radius 3 is 1.74 bits per heavy atom. The number of nitro benzene ring substituents is 1. The van der Waals surface area contributed by atoms with Crippen LogP contribution in [-0.4, -0.2) is 45.6 Å². The molecular formula is C35H36Cl2N2O6P+. The first-order chi connectivity index (χ1) is 22.2. The number of hydrogen-bond donors (Lipinski definition) is 2. The van der Waals surface area contributed by atoms with E-state index in [0.717, 1.165) is 19.0 Å². The monoisotopic (exact) mass is 681 g/mol. The van der Waals surface area contributed by atoms with Crippen molar-refractivity contribution in [1.29, 1.82) is 0 Å². The summed E-state index contributed by atoms with van der Waals surface area (Å²) in [4.78, 5) is 34.0. The number of carbonyl (C=O) groups excluding carboxylic acids is 2. The highest BCUT2D eigenvalue weighted by molar-refractivity contribution is 7.95. The molecule has 0 bridgehead atoms. The molecule has 0 aromatic heterocycles. The highest BCUT2D eigenvalue weighted by Crippen LogP contribution is 2.56. The topological polar surface area (TPSA) is 119 Å². The van der Waals surface area contributed by atoms with E-state index in [0.29, 0.717) is 6.42 Å². The summed E-state index contributed by atoms with van der Waals surface area (Å²) in [6.07, 6.45) is 2.06. The number of esters is 1. The summed E-state index contributed by atoms with van der Waals surface area (Å²) in [6, 6.07) is 36.0. The Balaban J connectivity index is 1.38. The lowest BCUT2D eigenvalue weighted by atomic mass is 10.0. The highest BCUT2D eigenvalue weighted by Gasteiger charge is 2.44. The molecule has 1 amide bonds. The number of ether oxygens (including phenoxy) is 1. The Kier molecular flexibility index (Phi) is 13.1. The van der Waals surface area contributed by atoms with Gasteiger partial charge in [-0.1, -0.05) is 77.8 Å². The van der Waals surface area contributed by atoms with Gasteiger partial charge >= 0.3 is 5.97 Å². The minimum Gasteiger partial charge on any atom is -0.463 e. The number of amides is 1. The van der Waals surface area contributed by atoms with Gasteiger partial charge in [0.15, 0.2) is 4.84 Å². The van der Waals surface area contributed by atoms with Gasteiger partial charge in [0.25, 0.3) is 11.6 Å². The first-order valence-electron chi connectivity index (χ1n) is 14.9. The van der Waals surface area contributed by atoms with E-state index in [2.05, 4.69) is 78.1 Å². The lowest BCUT2D eigenvalue weighted by Crippen LogP contribution is -2.45. The fourth-order valence-electron chi connectivity index (χ4n) is 5.41. The molecule has 0 saturated carbocycles. The van der Waals surface area contributed by atoms with E-state index in [9.17, 15) is 24.8 Å². The Morgan fingerprint density at radius 2 is 1.28 bits per heavy atom. The summed E-state index contributed by atoms with van der Waals surface area (Å²) >= 11 is 11.4. The second-order valence-electron chi connectivity index (χ2n) is 10.7. The standard InChI is InChI=1S/C35H35Cl2N2O6P/c36-34(37)35(42)38-31(33(41)26-20-22-27(23-21-26)39(43)44)25-45-32(40)19-11-4-12-24-46(28-13-5-1-6-14-28,29-15-7-2-8-16-29)30-17-9-3-10-18-30/h1-3,5-10,13-18,20-23,31,33-34,41H,4,11-12,19,24-25H2/p+1/t31-,33+/m0/s1. The van der Waals surface area contributed by atoms with Gasteiger partial charge in [0.1, 0.15) is 35.9 Å². The first-order valence-corrected chi connectivity index (χ1v) is 17.8. The zero-order valence-electron chi connectivity index (χ0n) is 25.1. The van der Waals surface area contributed by atoms with E-state index in [1.54, 1.807) is 0 Å². The van der Waals surface area contributed by atoms with E-state index in [-0.39, 0.29) is 24.3 Å². The SMILES string of the molecule is O=C(CCCCC[P+](c1ccccc1)(c1ccccc1)c1ccccc1)OC[C@H](NC(=O)C(Cl)Cl)[C@H](O)c1ccc([N+](=O)[O-])cc1. The minimum absolute atomic E-state index is 0.153. The third-order valence-corrected chi connectivity index (χ3v) is 12.7. The molecule has 0 saturated heterocycles. The number of hydrogen-bond acceptors (Lipinski definition) is 6. The molecule has 0 spiro atoms. The van der Waals surface area contributed by atoms with Crippen molar-refractivity contribution in [3.8, 4) is 0 Å². The fourth-order valence-corrected chi connectivity index (χ4v) is 9.95. The largest absolute Gasteiger partial charge is 0.463 e. The second-order valence-corrected chi connectivity index (χ2v) is 15.5. The van der Waals surface area contributed by atoms with Crippen LogP contribution in [0.2, 0.25) is 0 Å². The van der Waals surface area contributed by atoms with Gasteiger partial charge in [-0.05, 0) is 73.4 Å². The Morgan fingerprint density at radius 1 is 0.783 bits per heavy atom. The number of non-ortho nitro benzene ring substituents is 1. The van der Waals surface area contributed by atoms with Gasteiger partial charge in [0.2, 0.25) is 0 Å². The van der Waals surface area contributed by atoms with Crippen molar-refractivity contribution in [2.75, 3.05) is 12.8 Å². The van der Waals surface area contributed by atoms with Crippen molar-refractivity contribution in [2.24, 2.45) is 0 Å².